The number of methoxy groups -OCH3 is 3. The van der Waals surface area contributed by atoms with Crippen LogP contribution in [0.5, 0.6) is 17.2 Å². The van der Waals surface area contributed by atoms with Crippen LogP contribution in [0.2, 0.25) is 0 Å². The van der Waals surface area contributed by atoms with E-state index < -0.39 is 5.97 Å². The van der Waals surface area contributed by atoms with Gasteiger partial charge in [0.15, 0.2) is 11.5 Å². The molecule has 0 radical (unpaired) electrons. The molecule has 2 aromatic carbocycles. The molecule has 0 atom stereocenters. The van der Waals surface area contributed by atoms with Crippen molar-refractivity contribution in [3.8, 4) is 17.2 Å². The summed E-state index contributed by atoms with van der Waals surface area (Å²) < 4.78 is 20.8. The van der Waals surface area contributed by atoms with Crippen LogP contribution in [0.15, 0.2) is 36.4 Å². The number of nitrogens with one attached hydrogen (secondary N) is 1. The van der Waals surface area contributed by atoms with Crippen molar-refractivity contribution in [2.24, 2.45) is 0 Å². The van der Waals surface area contributed by atoms with Crippen molar-refractivity contribution >= 4 is 11.9 Å². The summed E-state index contributed by atoms with van der Waals surface area (Å²) in [4.78, 5) is 24.0. The molecule has 0 aliphatic carbocycles. The summed E-state index contributed by atoms with van der Waals surface area (Å²) in [6, 6.07) is 10.2. The van der Waals surface area contributed by atoms with Gasteiger partial charge in [-0.05, 0) is 54.4 Å². The van der Waals surface area contributed by atoms with Crippen LogP contribution in [0.1, 0.15) is 21.5 Å². The number of rotatable bonds is 8. The number of carbonyl (C=O) groups is 2. The zero-order valence-corrected chi connectivity index (χ0v) is 15.8. The second kappa shape index (κ2) is 9.47. The smallest absolute Gasteiger partial charge is 0.325 e. The van der Waals surface area contributed by atoms with Gasteiger partial charge in [-0.2, -0.15) is 0 Å². The number of hydrogen-bond donors (Lipinski definition) is 1. The molecule has 0 saturated heterocycles. The topological polar surface area (TPSA) is 83.1 Å². The average molecular weight is 373 g/mol. The van der Waals surface area contributed by atoms with Crippen molar-refractivity contribution in [3.63, 3.8) is 0 Å². The lowest BCUT2D eigenvalue weighted by molar-refractivity contribution is -0.143. The van der Waals surface area contributed by atoms with E-state index in [1.165, 1.54) is 7.11 Å². The molecule has 0 saturated carbocycles. The van der Waals surface area contributed by atoms with Gasteiger partial charge >= 0.3 is 5.97 Å². The highest BCUT2D eigenvalue weighted by molar-refractivity contribution is 5.96. The predicted molar refractivity (Wildman–Crippen MR) is 99.4 cm³/mol. The van der Waals surface area contributed by atoms with Crippen LogP contribution >= 0.6 is 0 Å². The molecule has 0 aliphatic heterocycles. The predicted octanol–water partition coefficient (Wildman–Crippen LogP) is 2.49. The van der Waals surface area contributed by atoms with E-state index in [9.17, 15) is 9.59 Å². The lowest BCUT2D eigenvalue weighted by Crippen LogP contribution is -2.30. The third-order valence-corrected chi connectivity index (χ3v) is 3.98. The Kier molecular flexibility index (Phi) is 7.05. The lowest BCUT2D eigenvalue weighted by Gasteiger charge is -2.13. The van der Waals surface area contributed by atoms with E-state index in [2.05, 4.69) is 5.32 Å². The number of ether oxygens (including phenoxy) is 4. The molecular formula is C20H23NO6. The minimum absolute atomic E-state index is 0.0728. The first-order chi connectivity index (χ1) is 13.0. The monoisotopic (exact) mass is 373 g/mol. The molecule has 7 heteroatoms. The highest BCUT2D eigenvalue weighted by Crippen LogP contribution is 2.30. The zero-order valence-electron chi connectivity index (χ0n) is 15.8. The van der Waals surface area contributed by atoms with Gasteiger partial charge in [0.2, 0.25) is 0 Å². The molecule has 7 nitrogen and oxygen atoms in total. The number of benzene rings is 2. The third kappa shape index (κ3) is 5.37. The molecule has 1 amide bonds. The molecule has 0 aliphatic rings. The van der Waals surface area contributed by atoms with E-state index in [1.807, 2.05) is 13.0 Å². The van der Waals surface area contributed by atoms with Gasteiger partial charge in [0.1, 0.15) is 18.9 Å². The number of carbonyl (C=O) groups excluding carboxylic acids is 2. The maximum absolute atomic E-state index is 12.0. The average Bonchev–Trinajstić information content (AvgIpc) is 2.70. The van der Waals surface area contributed by atoms with Crippen LogP contribution in [-0.4, -0.2) is 39.8 Å². The second-order valence-electron chi connectivity index (χ2n) is 5.71. The Morgan fingerprint density at radius 3 is 2.15 bits per heavy atom. The lowest BCUT2D eigenvalue weighted by atomic mass is 10.1. The first kappa shape index (κ1) is 20.1. The fraction of sp³-hybridized carbons (Fsp3) is 0.300. The van der Waals surface area contributed by atoms with Gasteiger partial charge < -0.3 is 24.3 Å². The van der Waals surface area contributed by atoms with Gasteiger partial charge in [-0.15, -0.1) is 0 Å². The summed E-state index contributed by atoms with van der Waals surface area (Å²) in [5.74, 6) is 0.915. The van der Waals surface area contributed by atoms with E-state index >= 15 is 0 Å². The standard InChI is InChI=1S/C20H23NO6/c1-13-9-17(25-3)18(26-4)10-15(13)12-27-19(22)11-21-20(23)14-5-7-16(24-2)8-6-14/h5-10H,11-12H2,1-4H3,(H,21,23). The first-order valence-electron chi connectivity index (χ1n) is 8.27. The SMILES string of the molecule is COc1ccc(C(=O)NCC(=O)OCc2cc(OC)c(OC)cc2C)cc1. The highest BCUT2D eigenvalue weighted by Gasteiger charge is 2.12. The molecule has 2 rings (SSSR count). The highest BCUT2D eigenvalue weighted by atomic mass is 16.5. The Labute approximate surface area is 158 Å². The van der Waals surface area contributed by atoms with Crippen LogP contribution in [0, 0.1) is 6.92 Å². The fourth-order valence-electron chi connectivity index (χ4n) is 2.38. The Morgan fingerprint density at radius 2 is 1.56 bits per heavy atom. The van der Waals surface area contributed by atoms with Crippen molar-refractivity contribution in [3.05, 3.63) is 53.1 Å². The molecule has 0 spiro atoms. The molecule has 1 N–H and O–H groups in total. The quantitative estimate of drug-likeness (QED) is 0.716. The number of hydrogen-bond acceptors (Lipinski definition) is 6. The number of aryl methyl sites for hydroxylation is 1. The largest absolute Gasteiger partial charge is 0.497 e. The van der Waals surface area contributed by atoms with Crippen LogP contribution < -0.4 is 19.5 Å². The van der Waals surface area contributed by atoms with Crippen molar-refractivity contribution < 1.29 is 28.5 Å². The molecule has 0 heterocycles. The summed E-state index contributed by atoms with van der Waals surface area (Å²) in [5.41, 5.74) is 2.13. The molecule has 2 aromatic rings. The zero-order chi connectivity index (χ0) is 19.8. The van der Waals surface area contributed by atoms with Gasteiger partial charge in [0.25, 0.3) is 5.91 Å². The Bertz CT molecular complexity index is 801. The summed E-state index contributed by atoms with van der Waals surface area (Å²) in [6.07, 6.45) is 0. The normalized spacial score (nSPS) is 10.1. The summed E-state index contributed by atoms with van der Waals surface area (Å²) in [6.45, 7) is 1.73. The first-order valence-corrected chi connectivity index (χ1v) is 8.27. The molecule has 27 heavy (non-hydrogen) atoms. The van der Waals surface area contributed by atoms with Crippen molar-refractivity contribution in [1.82, 2.24) is 5.32 Å². The Balaban J connectivity index is 1.88. The Morgan fingerprint density at radius 1 is 0.926 bits per heavy atom. The van der Waals surface area contributed by atoms with E-state index in [4.69, 9.17) is 18.9 Å². The second-order valence-corrected chi connectivity index (χ2v) is 5.71. The fourth-order valence-corrected chi connectivity index (χ4v) is 2.38. The third-order valence-electron chi connectivity index (χ3n) is 3.98. The van der Waals surface area contributed by atoms with E-state index in [1.54, 1.807) is 44.6 Å². The van der Waals surface area contributed by atoms with E-state index in [-0.39, 0.29) is 19.1 Å². The van der Waals surface area contributed by atoms with E-state index in [0.717, 1.165) is 11.1 Å². The molecular weight excluding hydrogens is 350 g/mol. The van der Waals surface area contributed by atoms with Crippen molar-refractivity contribution in [2.45, 2.75) is 13.5 Å². The summed E-state index contributed by atoms with van der Waals surface area (Å²) >= 11 is 0. The molecule has 144 valence electrons. The van der Waals surface area contributed by atoms with Crippen molar-refractivity contribution in [2.75, 3.05) is 27.9 Å². The van der Waals surface area contributed by atoms with Crippen LogP contribution in [0.3, 0.4) is 0 Å². The maximum atomic E-state index is 12.0. The van der Waals surface area contributed by atoms with E-state index in [0.29, 0.717) is 22.8 Å². The molecule has 0 unspecified atom stereocenters. The van der Waals surface area contributed by atoms with Gasteiger partial charge in [0, 0.05) is 5.56 Å². The van der Waals surface area contributed by atoms with Gasteiger partial charge in [-0.25, -0.2) is 0 Å². The van der Waals surface area contributed by atoms with Gasteiger partial charge in [-0.1, -0.05) is 0 Å². The Hall–Kier alpha value is -3.22. The van der Waals surface area contributed by atoms with Crippen molar-refractivity contribution in [1.29, 1.82) is 0 Å². The number of esters is 1. The van der Waals surface area contributed by atoms with Crippen LogP contribution in [0.25, 0.3) is 0 Å². The van der Waals surface area contributed by atoms with Crippen LogP contribution in [0.4, 0.5) is 0 Å². The summed E-state index contributed by atoms with van der Waals surface area (Å²) in [5, 5.41) is 2.53. The molecule has 0 bridgehead atoms. The molecule has 0 fully saturated rings. The maximum Gasteiger partial charge on any atom is 0.325 e. The van der Waals surface area contributed by atoms with Crippen LogP contribution in [-0.2, 0) is 16.1 Å². The molecule has 0 aromatic heterocycles. The van der Waals surface area contributed by atoms with Gasteiger partial charge in [-0.3, -0.25) is 9.59 Å². The van der Waals surface area contributed by atoms with Gasteiger partial charge in [0.05, 0.1) is 21.3 Å². The number of amides is 1. The minimum atomic E-state index is -0.536. The minimum Gasteiger partial charge on any atom is -0.497 e. The summed E-state index contributed by atoms with van der Waals surface area (Å²) in [7, 11) is 4.64.